The molecule has 1 aliphatic heterocycles. The molecule has 24 heavy (non-hydrogen) atoms. The number of carbonyl (C=O) groups excluding carboxylic acids is 1. The van der Waals surface area contributed by atoms with Crippen molar-refractivity contribution in [1.82, 2.24) is 4.90 Å². The van der Waals surface area contributed by atoms with E-state index in [-0.39, 0.29) is 12.6 Å². The molecule has 6 heteroatoms. The van der Waals surface area contributed by atoms with Gasteiger partial charge >= 0.3 is 6.03 Å². The first-order valence-corrected chi connectivity index (χ1v) is 7.65. The average molecular weight is 332 g/mol. The van der Waals surface area contributed by atoms with Crippen molar-refractivity contribution in [3.8, 4) is 5.75 Å². The molecule has 0 saturated carbocycles. The quantitative estimate of drug-likeness (QED) is 0.907. The van der Waals surface area contributed by atoms with Gasteiger partial charge in [0.05, 0.1) is 7.11 Å². The number of aryl methyl sites for hydroxylation is 1. The van der Waals surface area contributed by atoms with Crippen LogP contribution in [0.2, 0.25) is 0 Å². The van der Waals surface area contributed by atoms with E-state index in [4.69, 9.17) is 4.74 Å². The Bertz CT molecular complexity index is 793. The molecule has 3 rings (SSSR count). The van der Waals surface area contributed by atoms with Crippen LogP contribution in [0.25, 0.3) is 0 Å². The molecule has 0 unspecified atom stereocenters. The van der Waals surface area contributed by atoms with Gasteiger partial charge in [0.15, 0.2) is 0 Å². The van der Waals surface area contributed by atoms with E-state index in [2.05, 4.69) is 5.32 Å². The normalized spacial score (nSPS) is 13.4. The first-order valence-electron chi connectivity index (χ1n) is 7.65. The van der Waals surface area contributed by atoms with Crippen LogP contribution < -0.4 is 10.1 Å². The lowest BCUT2D eigenvalue weighted by Gasteiger charge is -2.29. The second-order valence-corrected chi connectivity index (χ2v) is 5.81. The van der Waals surface area contributed by atoms with Crippen LogP contribution in [0.1, 0.15) is 16.7 Å². The average Bonchev–Trinajstić information content (AvgIpc) is 2.56. The minimum Gasteiger partial charge on any atom is -0.497 e. The number of halogens is 2. The van der Waals surface area contributed by atoms with Crippen LogP contribution in [0.4, 0.5) is 19.3 Å². The summed E-state index contributed by atoms with van der Waals surface area (Å²) in [6.07, 6.45) is 0.367. The summed E-state index contributed by atoms with van der Waals surface area (Å²) in [5.74, 6) is -0.533. The number of benzene rings is 2. The Kier molecular flexibility index (Phi) is 4.38. The van der Waals surface area contributed by atoms with E-state index in [0.29, 0.717) is 35.5 Å². The number of anilines is 1. The monoisotopic (exact) mass is 332 g/mol. The van der Waals surface area contributed by atoms with Gasteiger partial charge in [-0.1, -0.05) is 6.07 Å². The Morgan fingerprint density at radius 1 is 1.25 bits per heavy atom. The Morgan fingerprint density at radius 2 is 2.04 bits per heavy atom. The molecule has 0 aliphatic carbocycles. The molecule has 1 heterocycles. The molecule has 2 amide bonds. The minimum atomic E-state index is -0.628. The molecule has 0 saturated heterocycles. The number of urea groups is 1. The number of hydrogen-bond donors (Lipinski definition) is 1. The number of fused-ring (bicyclic) bond motifs is 1. The molecule has 0 radical (unpaired) electrons. The zero-order chi connectivity index (χ0) is 17.3. The highest BCUT2D eigenvalue weighted by atomic mass is 19.1. The lowest BCUT2D eigenvalue weighted by Crippen LogP contribution is -2.39. The van der Waals surface area contributed by atoms with Gasteiger partial charge in [0.1, 0.15) is 17.4 Å². The molecule has 2 aromatic carbocycles. The maximum Gasteiger partial charge on any atom is 0.322 e. The van der Waals surface area contributed by atoms with Crippen molar-refractivity contribution < 1.29 is 18.3 Å². The van der Waals surface area contributed by atoms with Crippen LogP contribution in [0.3, 0.4) is 0 Å². The third-order valence-corrected chi connectivity index (χ3v) is 4.22. The molecule has 0 bridgehead atoms. The summed E-state index contributed by atoms with van der Waals surface area (Å²) < 4.78 is 32.3. The van der Waals surface area contributed by atoms with E-state index >= 15 is 0 Å². The topological polar surface area (TPSA) is 41.6 Å². The van der Waals surface area contributed by atoms with Crippen LogP contribution in [0.15, 0.2) is 30.3 Å². The Hall–Kier alpha value is -2.63. The fourth-order valence-corrected chi connectivity index (χ4v) is 2.84. The largest absolute Gasteiger partial charge is 0.497 e. The number of carbonyl (C=O) groups is 1. The van der Waals surface area contributed by atoms with Gasteiger partial charge in [-0.15, -0.1) is 0 Å². The van der Waals surface area contributed by atoms with Crippen molar-refractivity contribution in [2.24, 2.45) is 0 Å². The van der Waals surface area contributed by atoms with Gasteiger partial charge in [-0.2, -0.15) is 0 Å². The summed E-state index contributed by atoms with van der Waals surface area (Å²) in [6, 6.07) is 7.27. The van der Waals surface area contributed by atoms with Crippen LogP contribution in [0, 0.1) is 18.6 Å². The molecule has 1 aliphatic rings. The lowest BCUT2D eigenvalue weighted by molar-refractivity contribution is 0.205. The number of nitrogens with zero attached hydrogens (tertiary/aromatic N) is 1. The van der Waals surface area contributed by atoms with E-state index < -0.39 is 11.6 Å². The highest BCUT2D eigenvalue weighted by Gasteiger charge is 2.24. The molecular weight excluding hydrogens is 314 g/mol. The minimum absolute atomic E-state index is 0.179. The van der Waals surface area contributed by atoms with Crippen LogP contribution in [0.5, 0.6) is 5.75 Å². The maximum atomic E-state index is 13.8. The second kappa shape index (κ2) is 6.47. The Balaban J connectivity index is 1.77. The van der Waals surface area contributed by atoms with Gasteiger partial charge in [-0.25, -0.2) is 13.6 Å². The van der Waals surface area contributed by atoms with Crippen molar-refractivity contribution >= 4 is 11.7 Å². The molecule has 0 atom stereocenters. The van der Waals surface area contributed by atoms with Gasteiger partial charge in [0, 0.05) is 30.9 Å². The summed E-state index contributed by atoms with van der Waals surface area (Å²) in [6.45, 7) is 2.44. The summed E-state index contributed by atoms with van der Waals surface area (Å²) in [5.41, 5.74) is 2.54. The van der Waals surface area contributed by atoms with Gasteiger partial charge in [0.25, 0.3) is 0 Å². The van der Waals surface area contributed by atoms with E-state index in [1.54, 1.807) is 18.1 Å². The number of hydrogen-bond acceptors (Lipinski definition) is 2. The third-order valence-electron chi connectivity index (χ3n) is 4.22. The second-order valence-electron chi connectivity index (χ2n) is 5.81. The van der Waals surface area contributed by atoms with Crippen LogP contribution in [-0.2, 0) is 13.0 Å². The van der Waals surface area contributed by atoms with Gasteiger partial charge in [-0.05, 0) is 42.2 Å². The molecule has 126 valence electrons. The number of rotatable bonds is 2. The van der Waals surface area contributed by atoms with Crippen LogP contribution >= 0.6 is 0 Å². The standard InChI is InChI=1S/C18H18F2N2O2/c1-11-3-4-14(24-2)9-17(11)21-18(23)22-6-5-15-12(10-22)7-13(19)8-16(15)20/h3-4,7-9H,5-6,10H2,1-2H3,(H,21,23). The van der Waals surface area contributed by atoms with Crippen molar-refractivity contribution in [1.29, 1.82) is 0 Å². The van der Waals surface area contributed by atoms with Crippen molar-refractivity contribution in [3.05, 3.63) is 58.7 Å². The predicted octanol–water partition coefficient (Wildman–Crippen LogP) is 3.87. The maximum absolute atomic E-state index is 13.8. The predicted molar refractivity (Wildman–Crippen MR) is 87.2 cm³/mol. The smallest absolute Gasteiger partial charge is 0.322 e. The summed E-state index contributed by atoms with van der Waals surface area (Å²) in [4.78, 5) is 14.0. The molecule has 0 fully saturated rings. The number of ether oxygens (including phenoxy) is 1. The van der Waals surface area contributed by atoms with Gasteiger partial charge in [0.2, 0.25) is 0 Å². The molecule has 0 aromatic heterocycles. The Morgan fingerprint density at radius 3 is 2.79 bits per heavy atom. The number of amides is 2. The van der Waals surface area contributed by atoms with E-state index in [9.17, 15) is 13.6 Å². The first-order chi connectivity index (χ1) is 11.5. The summed E-state index contributed by atoms with van der Waals surface area (Å²) in [7, 11) is 1.56. The van der Waals surface area contributed by atoms with Crippen molar-refractivity contribution in [2.45, 2.75) is 19.9 Å². The molecular formula is C18H18F2N2O2. The highest BCUT2D eigenvalue weighted by Crippen LogP contribution is 2.25. The lowest BCUT2D eigenvalue weighted by atomic mass is 9.99. The first kappa shape index (κ1) is 16.2. The number of nitrogens with one attached hydrogen (secondary N) is 1. The fraction of sp³-hybridized carbons (Fsp3) is 0.278. The molecule has 2 aromatic rings. The molecule has 0 spiro atoms. The zero-order valence-corrected chi connectivity index (χ0v) is 13.5. The van der Waals surface area contributed by atoms with Crippen molar-refractivity contribution in [2.75, 3.05) is 19.0 Å². The number of methoxy groups -OCH3 is 1. The van der Waals surface area contributed by atoms with Crippen LogP contribution in [-0.4, -0.2) is 24.6 Å². The highest BCUT2D eigenvalue weighted by molar-refractivity contribution is 5.90. The molecule has 1 N–H and O–H groups in total. The van der Waals surface area contributed by atoms with E-state index in [1.807, 2.05) is 19.1 Å². The summed E-state index contributed by atoms with van der Waals surface area (Å²) in [5, 5.41) is 2.83. The Labute approximate surface area is 139 Å². The third kappa shape index (κ3) is 3.18. The SMILES string of the molecule is COc1ccc(C)c(NC(=O)N2CCc3c(F)cc(F)cc3C2)c1. The van der Waals surface area contributed by atoms with Gasteiger partial charge < -0.3 is 15.0 Å². The fourth-order valence-electron chi connectivity index (χ4n) is 2.84. The van der Waals surface area contributed by atoms with Gasteiger partial charge in [-0.3, -0.25) is 0 Å². The van der Waals surface area contributed by atoms with E-state index in [1.165, 1.54) is 6.07 Å². The summed E-state index contributed by atoms with van der Waals surface area (Å²) >= 11 is 0. The molecule has 4 nitrogen and oxygen atoms in total. The zero-order valence-electron chi connectivity index (χ0n) is 13.5. The van der Waals surface area contributed by atoms with Crippen molar-refractivity contribution in [3.63, 3.8) is 0 Å². The van der Waals surface area contributed by atoms with E-state index in [0.717, 1.165) is 11.6 Å².